The zero-order valence-corrected chi connectivity index (χ0v) is 16.7. The van der Waals surface area contributed by atoms with Gasteiger partial charge in [0.25, 0.3) is 0 Å². The normalized spacial score (nSPS) is 11.7. The van der Waals surface area contributed by atoms with Gasteiger partial charge in [0.2, 0.25) is 9.84 Å². The van der Waals surface area contributed by atoms with Crippen molar-refractivity contribution in [3.05, 3.63) is 90.4 Å². The molecule has 0 aliphatic heterocycles. The monoisotopic (exact) mass is 406 g/mol. The van der Waals surface area contributed by atoms with E-state index in [0.717, 1.165) is 11.1 Å². The van der Waals surface area contributed by atoms with E-state index in [-0.39, 0.29) is 0 Å². The molecule has 0 fully saturated rings. The molecule has 4 rings (SSSR count). The average molecular weight is 407 g/mol. The molecule has 0 unspecified atom stereocenters. The molecular weight excluding hydrogens is 384 g/mol. The Kier molecular flexibility index (Phi) is 5.74. The van der Waals surface area contributed by atoms with Crippen LogP contribution in [-0.2, 0) is 27.6 Å². The maximum atomic E-state index is 13.3. The van der Waals surface area contributed by atoms with Gasteiger partial charge in [0.15, 0.2) is 0 Å². The van der Waals surface area contributed by atoms with Crippen LogP contribution in [0.2, 0.25) is 0 Å². The second kappa shape index (κ2) is 8.59. The summed E-state index contributed by atoms with van der Waals surface area (Å²) in [6, 6.07) is 20.3. The molecule has 6 heteroatoms. The van der Waals surface area contributed by atoms with Gasteiger partial charge in [-0.25, -0.2) is 8.42 Å². The lowest BCUT2D eigenvalue weighted by Gasteiger charge is -2.08. The number of rotatable bonds is 8. The van der Waals surface area contributed by atoms with Crippen molar-refractivity contribution < 1.29 is 13.2 Å². The molecule has 0 aliphatic carbocycles. The molecule has 0 spiro atoms. The highest BCUT2D eigenvalue weighted by Crippen LogP contribution is 2.32. The van der Waals surface area contributed by atoms with Gasteiger partial charge >= 0.3 is 0 Å². The largest absolute Gasteiger partial charge is 0.377 e. The van der Waals surface area contributed by atoms with Crippen LogP contribution < -0.4 is 0 Å². The van der Waals surface area contributed by atoms with Crippen LogP contribution >= 0.6 is 0 Å². The van der Waals surface area contributed by atoms with E-state index in [1.165, 1.54) is 0 Å². The van der Waals surface area contributed by atoms with Crippen LogP contribution in [0.25, 0.3) is 10.9 Å². The van der Waals surface area contributed by atoms with Gasteiger partial charge in [-0.1, -0.05) is 48.5 Å². The van der Waals surface area contributed by atoms with Crippen molar-refractivity contribution in [3.8, 4) is 0 Å². The summed E-state index contributed by atoms with van der Waals surface area (Å²) in [5.74, 6) is 0. The van der Waals surface area contributed by atoms with Crippen molar-refractivity contribution >= 4 is 20.7 Å². The maximum absolute atomic E-state index is 13.3. The van der Waals surface area contributed by atoms with Gasteiger partial charge in [0.1, 0.15) is 4.90 Å². The van der Waals surface area contributed by atoms with Gasteiger partial charge in [-0.05, 0) is 36.6 Å². The van der Waals surface area contributed by atoms with Crippen LogP contribution in [0.15, 0.2) is 88.9 Å². The first-order chi connectivity index (χ1) is 14.2. The van der Waals surface area contributed by atoms with Crippen LogP contribution in [0.5, 0.6) is 0 Å². The fourth-order valence-electron chi connectivity index (χ4n) is 3.39. The molecule has 0 radical (unpaired) electrons. The van der Waals surface area contributed by atoms with Crippen molar-refractivity contribution in [2.75, 3.05) is 6.61 Å². The molecule has 0 saturated carbocycles. The van der Waals surface area contributed by atoms with E-state index in [1.54, 1.807) is 42.7 Å². The lowest BCUT2D eigenvalue weighted by Crippen LogP contribution is -2.06. The molecular formula is C23H22N2O3S. The van der Waals surface area contributed by atoms with Gasteiger partial charge in [-0.15, -0.1) is 0 Å². The first-order valence-corrected chi connectivity index (χ1v) is 11.0. The number of ether oxygens (including phenoxy) is 1. The molecule has 4 aromatic rings. The molecule has 5 nitrogen and oxygen atoms in total. The van der Waals surface area contributed by atoms with E-state index in [9.17, 15) is 8.42 Å². The third-order valence-electron chi connectivity index (χ3n) is 4.77. The van der Waals surface area contributed by atoms with Gasteiger partial charge in [0.05, 0.1) is 23.2 Å². The molecule has 0 bridgehead atoms. The first kappa shape index (κ1) is 19.4. The highest BCUT2D eigenvalue weighted by Gasteiger charge is 2.25. The SMILES string of the molecule is O=S(=O)(c1ccccc1)c1c(CCCOCc2ccccc2)[nH]c2cnccc12. The number of aromatic nitrogens is 2. The lowest BCUT2D eigenvalue weighted by molar-refractivity contribution is 0.118. The van der Waals surface area contributed by atoms with Crippen molar-refractivity contribution in [1.82, 2.24) is 9.97 Å². The van der Waals surface area contributed by atoms with Crippen LogP contribution in [0.3, 0.4) is 0 Å². The van der Waals surface area contributed by atoms with Crippen molar-refractivity contribution in [3.63, 3.8) is 0 Å². The minimum Gasteiger partial charge on any atom is -0.377 e. The second-order valence-corrected chi connectivity index (χ2v) is 8.70. The fraction of sp³-hybridized carbons (Fsp3) is 0.174. The number of H-pyrrole nitrogens is 1. The zero-order valence-electron chi connectivity index (χ0n) is 15.9. The number of benzene rings is 2. The summed E-state index contributed by atoms with van der Waals surface area (Å²) in [5, 5.41) is 0.670. The zero-order chi connectivity index (χ0) is 20.1. The highest BCUT2D eigenvalue weighted by molar-refractivity contribution is 7.91. The standard InChI is InChI=1S/C23H22N2O3S/c26-29(27,19-10-5-2-6-11-19)23-20-13-14-24-16-22(20)25-21(23)12-7-15-28-17-18-8-3-1-4-9-18/h1-6,8-11,13-14,16,25H,7,12,15,17H2. The first-order valence-electron chi connectivity index (χ1n) is 9.52. The quantitative estimate of drug-likeness (QED) is 0.436. The molecule has 0 aliphatic rings. The van der Waals surface area contributed by atoms with E-state index in [0.29, 0.717) is 46.9 Å². The Morgan fingerprint density at radius 3 is 2.41 bits per heavy atom. The third kappa shape index (κ3) is 4.23. The highest BCUT2D eigenvalue weighted by atomic mass is 32.2. The molecule has 0 atom stereocenters. The fourth-order valence-corrected chi connectivity index (χ4v) is 5.09. The Morgan fingerprint density at radius 1 is 0.931 bits per heavy atom. The van der Waals surface area contributed by atoms with E-state index < -0.39 is 9.84 Å². The number of nitrogens with zero attached hydrogens (tertiary/aromatic N) is 1. The van der Waals surface area contributed by atoms with E-state index in [1.807, 2.05) is 36.4 Å². The van der Waals surface area contributed by atoms with Crippen molar-refractivity contribution in [2.24, 2.45) is 0 Å². The van der Waals surface area contributed by atoms with Crippen LogP contribution in [-0.4, -0.2) is 25.0 Å². The summed E-state index contributed by atoms with van der Waals surface area (Å²) in [6.07, 6.45) is 4.57. The number of sulfone groups is 1. The van der Waals surface area contributed by atoms with Crippen molar-refractivity contribution in [1.29, 1.82) is 0 Å². The van der Waals surface area contributed by atoms with Crippen LogP contribution in [0.1, 0.15) is 17.7 Å². The van der Waals surface area contributed by atoms with Gasteiger partial charge in [-0.2, -0.15) is 0 Å². The van der Waals surface area contributed by atoms with Crippen LogP contribution in [0, 0.1) is 0 Å². The molecule has 2 aromatic carbocycles. The smallest absolute Gasteiger partial charge is 0.208 e. The maximum Gasteiger partial charge on any atom is 0.208 e. The predicted octanol–water partition coefficient (Wildman–Crippen LogP) is 4.55. The molecule has 2 aromatic heterocycles. The number of hydrogen-bond acceptors (Lipinski definition) is 4. The molecule has 0 saturated heterocycles. The summed E-state index contributed by atoms with van der Waals surface area (Å²) in [5.41, 5.74) is 2.54. The van der Waals surface area contributed by atoms with Gasteiger partial charge in [-0.3, -0.25) is 4.98 Å². The Balaban J connectivity index is 1.54. The second-order valence-electron chi connectivity index (χ2n) is 6.81. The summed E-state index contributed by atoms with van der Waals surface area (Å²) in [4.78, 5) is 7.99. The van der Waals surface area contributed by atoms with E-state index in [4.69, 9.17) is 4.74 Å². The minimum absolute atomic E-state index is 0.291. The predicted molar refractivity (Wildman–Crippen MR) is 112 cm³/mol. The Bertz CT molecular complexity index is 1190. The lowest BCUT2D eigenvalue weighted by atomic mass is 10.2. The number of aryl methyl sites for hydroxylation is 1. The number of fused-ring (bicyclic) bond motifs is 1. The Morgan fingerprint density at radius 2 is 1.66 bits per heavy atom. The summed E-state index contributed by atoms with van der Waals surface area (Å²) in [6.45, 7) is 1.10. The minimum atomic E-state index is -3.64. The molecule has 29 heavy (non-hydrogen) atoms. The van der Waals surface area contributed by atoms with E-state index in [2.05, 4.69) is 9.97 Å². The molecule has 2 heterocycles. The van der Waals surface area contributed by atoms with E-state index >= 15 is 0 Å². The molecule has 0 amide bonds. The van der Waals surface area contributed by atoms with Gasteiger partial charge in [0, 0.05) is 23.9 Å². The third-order valence-corrected chi connectivity index (χ3v) is 6.67. The molecule has 1 N–H and O–H groups in total. The Labute approximate surface area is 170 Å². The number of pyridine rings is 1. The van der Waals surface area contributed by atoms with Gasteiger partial charge < -0.3 is 9.72 Å². The molecule has 148 valence electrons. The number of aromatic amines is 1. The Hall–Kier alpha value is -2.96. The number of hydrogen-bond donors (Lipinski definition) is 1. The average Bonchev–Trinajstić information content (AvgIpc) is 3.14. The van der Waals surface area contributed by atoms with Crippen LogP contribution in [0.4, 0.5) is 0 Å². The summed E-state index contributed by atoms with van der Waals surface area (Å²) in [7, 11) is -3.64. The number of nitrogens with one attached hydrogen (secondary N) is 1. The summed E-state index contributed by atoms with van der Waals surface area (Å²) >= 11 is 0. The topological polar surface area (TPSA) is 72.1 Å². The van der Waals surface area contributed by atoms with Crippen molar-refractivity contribution in [2.45, 2.75) is 29.2 Å². The summed E-state index contributed by atoms with van der Waals surface area (Å²) < 4.78 is 32.4.